The molecule has 0 spiro atoms. The lowest BCUT2D eigenvalue weighted by Gasteiger charge is -1.99. The van der Waals surface area contributed by atoms with E-state index in [1.54, 1.807) is 24.7 Å². The zero-order chi connectivity index (χ0) is 7.78. The molecule has 56 valence electrons. The van der Waals surface area contributed by atoms with Crippen molar-refractivity contribution < 1.29 is 4.57 Å². The Kier molecular flexibility index (Phi) is 2.38. The number of hydrogen-bond acceptors (Lipinski definition) is 2. The topological polar surface area (TPSA) is 17.1 Å². The fourth-order valence-electron chi connectivity index (χ4n) is 0.594. The van der Waals surface area contributed by atoms with Gasteiger partial charge in [0.2, 0.25) is 0 Å². The SMILES string of the molecule is CP(C)(=O)c1ccc(Br)s1. The molecule has 1 nitrogen and oxygen atoms in total. The maximum Gasteiger partial charge on any atom is 0.119 e. The first-order valence-corrected chi connectivity index (χ1v) is 7.02. The molecule has 1 aromatic heterocycles. The summed E-state index contributed by atoms with van der Waals surface area (Å²) in [5.41, 5.74) is 0. The van der Waals surface area contributed by atoms with Gasteiger partial charge in [-0.1, -0.05) is 0 Å². The smallest absolute Gasteiger partial charge is 0.119 e. The molecule has 0 saturated heterocycles. The largest absolute Gasteiger partial charge is 0.318 e. The van der Waals surface area contributed by atoms with Crippen LogP contribution >= 0.6 is 34.4 Å². The highest BCUT2D eigenvalue weighted by atomic mass is 79.9. The molecule has 4 heteroatoms. The molecule has 0 fully saturated rings. The molecular weight excluding hydrogens is 231 g/mol. The normalized spacial score (nSPS) is 11.9. The average molecular weight is 239 g/mol. The van der Waals surface area contributed by atoms with E-state index in [2.05, 4.69) is 15.9 Å². The van der Waals surface area contributed by atoms with E-state index in [1.165, 1.54) is 0 Å². The first kappa shape index (κ1) is 8.51. The van der Waals surface area contributed by atoms with E-state index in [9.17, 15) is 4.57 Å². The van der Waals surface area contributed by atoms with Crippen LogP contribution in [0.5, 0.6) is 0 Å². The molecule has 0 saturated carbocycles. The van der Waals surface area contributed by atoms with Gasteiger partial charge in [-0.05, 0) is 41.4 Å². The van der Waals surface area contributed by atoms with Crippen LogP contribution < -0.4 is 4.62 Å². The highest BCUT2D eigenvalue weighted by molar-refractivity contribution is 9.11. The summed E-state index contributed by atoms with van der Waals surface area (Å²) in [7, 11) is -2.01. The molecule has 10 heavy (non-hydrogen) atoms. The van der Waals surface area contributed by atoms with Crippen LogP contribution in [0, 0.1) is 0 Å². The van der Waals surface area contributed by atoms with Gasteiger partial charge in [-0.25, -0.2) is 0 Å². The van der Waals surface area contributed by atoms with Crippen molar-refractivity contribution in [1.29, 1.82) is 0 Å². The summed E-state index contributed by atoms with van der Waals surface area (Å²) in [5, 5.41) is 0. The molecule has 0 bridgehead atoms. The molecule has 0 aliphatic carbocycles. The van der Waals surface area contributed by atoms with E-state index in [-0.39, 0.29) is 0 Å². The number of hydrogen-bond donors (Lipinski definition) is 0. The van der Waals surface area contributed by atoms with Crippen molar-refractivity contribution >= 4 is 39.0 Å². The molecule has 0 aromatic carbocycles. The Morgan fingerprint density at radius 2 is 2.10 bits per heavy atom. The van der Waals surface area contributed by atoms with E-state index in [4.69, 9.17) is 0 Å². The summed E-state index contributed by atoms with van der Waals surface area (Å²) >= 11 is 4.87. The summed E-state index contributed by atoms with van der Waals surface area (Å²) in [6, 6.07) is 3.84. The predicted octanol–water partition coefficient (Wildman–Crippen LogP) is 2.76. The summed E-state index contributed by atoms with van der Waals surface area (Å²) < 4.78 is 13.5. The molecule has 1 aromatic rings. The van der Waals surface area contributed by atoms with Gasteiger partial charge in [0.15, 0.2) is 0 Å². The minimum absolute atomic E-state index is 0.986. The molecular formula is C6H8BrOPS. The van der Waals surface area contributed by atoms with Gasteiger partial charge < -0.3 is 4.57 Å². The number of rotatable bonds is 1. The third-order valence-corrected chi connectivity index (χ3v) is 5.32. The Morgan fingerprint density at radius 1 is 1.50 bits per heavy atom. The molecule has 1 heterocycles. The lowest BCUT2D eigenvalue weighted by Crippen LogP contribution is -1.93. The third kappa shape index (κ3) is 1.94. The minimum Gasteiger partial charge on any atom is -0.318 e. The van der Waals surface area contributed by atoms with Crippen LogP contribution in [0.3, 0.4) is 0 Å². The van der Waals surface area contributed by atoms with Crippen LogP contribution in [-0.4, -0.2) is 13.3 Å². The minimum atomic E-state index is -2.01. The first-order chi connectivity index (χ1) is 4.50. The second kappa shape index (κ2) is 2.80. The van der Waals surface area contributed by atoms with Crippen molar-refractivity contribution in [3.63, 3.8) is 0 Å². The van der Waals surface area contributed by atoms with Gasteiger partial charge in [0.1, 0.15) is 7.14 Å². The summed E-state index contributed by atoms with van der Waals surface area (Å²) in [6.07, 6.45) is 0. The van der Waals surface area contributed by atoms with E-state index >= 15 is 0 Å². The lowest BCUT2D eigenvalue weighted by atomic mass is 10.7. The monoisotopic (exact) mass is 238 g/mol. The van der Waals surface area contributed by atoms with Crippen LogP contribution in [-0.2, 0) is 4.57 Å². The quantitative estimate of drug-likeness (QED) is 0.688. The molecule has 0 atom stereocenters. The van der Waals surface area contributed by atoms with Crippen molar-refractivity contribution in [1.82, 2.24) is 0 Å². The number of halogens is 1. The fourth-order valence-corrected chi connectivity index (χ4v) is 3.70. The van der Waals surface area contributed by atoms with Gasteiger partial charge >= 0.3 is 0 Å². The van der Waals surface area contributed by atoms with Crippen molar-refractivity contribution in [2.45, 2.75) is 0 Å². The lowest BCUT2D eigenvalue weighted by molar-refractivity contribution is 0.588. The Hall–Kier alpha value is 0.410. The predicted molar refractivity (Wildman–Crippen MR) is 51.1 cm³/mol. The summed E-state index contributed by atoms with van der Waals surface area (Å²) in [5.74, 6) is 0. The second-order valence-electron chi connectivity index (χ2n) is 2.43. The standard InChI is InChI=1S/C6H8BrOPS/c1-9(2,8)6-4-3-5(7)10-6/h3-4H,1-2H3. The van der Waals surface area contributed by atoms with Crippen molar-refractivity contribution in [2.24, 2.45) is 0 Å². The van der Waals surface area contributed by atoms with Crippen LogP contribution in [0.25, 0.3) is 0 Å². The maximum atomic E-state index is 11.4. The molecule has 0 radical (unpaired) electrons. The second-order valence-corrected chi connectivity index (χ2v) is 8.38. The van der Waals surface area contributed by atoms with Gasteiger partial charge in [-0.2, -0.15) is 0 Å². The first-order valence-electron chi connectivity index (χ1n) is 2.81. The van der Waals surface area contributed by atoms with E-state index in [0.29, 0.717) is 0 Å². The molecule has 0 aliphatic rings. The van der Waals surface area contributed by atoms with Gasteiger partial charge in [0.05, 0.1) is 8.40 Å². The molecule has 0 aliphatic heterocycles. The van der Waals surface area contributed by atoms with Crippen molar-refractivity contribution in [3.8, 4) is 0 Å². The molecule has 0 amide bonds. The maximum absolute atomic E-state index is 11.4. The Balaban J connectivity index is 3.08. The van der Waals surface area contributed by atoms with Crippen LogP contribution in [0.4, 0.5) is 0 Å². The Labute approximate surface area is 73.0 Å². The molecule has 1 rings (SSSR count). The average Bonchev–Trinajstić information content (AvgIpc) is 2.11. The Bertz CT molecular complexity index is 275. The highest BCUT2D eigenvalue weighted by Crippen LogP contribution is 2.38. The van der Waals surface area contributed by atoms with Crippen molar-refractivity contribution in [2.75, 3.05) is 13.3 Å². The Morgan fingerprint density at radius 3 is 2.30 bits per heavy atom. The van der Waals surface area contributed by atoms with Gasteiger partial charge in [0, 0.05) is 0 Å². The molecule has 0 N–H and O–H groups in total. The molecule has 0 unspecified atom stereocenters. The van der Waals surface area contributed by atoms with Gasteiger partial charge in [0.25, 0.3) is 0 Å². The van der Waals surface area contributed by atoms with E-state index in [1.807, 2.05) is 12.1 Å². The summed E-state index contributed by atoms with van der Waals surface area (Å²) in [4.78, 5) is 0. The van der Waals surface area contributed by atoms with Crippen LogP contribution in [0.15, 0.2) is 15.9 Å². The van der Waals surface area contributed by atoms with Gasteiger partial charge in [-0.15, -0.1) is 11.3 Å². The third-order valence-electron chi connectivity index (χ3n) is 1.09. The van der Waals surface area contributed by atoms with E-state index < -0.39 is 7.14 Å². The highest BCUT2D eigenvalue weighted by Gasteiger charge is 2.12. The van der Waals surface area contributed by atoms with Gasteiger partial charge in [-0.3, -0.25) is 0 Å². The zero-order valence-corrected chi connectivity index (χ0v) is 9.09. The van der Waals surface area contributed by atoms with Crippen LogP contribution in [0.1, 0.15) is 0 Å². The van der Waals surface area contributed by atoms with Crippen molar-refractivity contribution in [3.05, 3.63) is 15.9 Å². The zero-order valence-electron chi connectivity index (χ0n) is 5.80. The number of thiophene rings is 1. The fraction of sp³-hybridized carbons (Fsp3) is 0.333. The summed E-state index contributed by atoms with van der Waals surface area (Å²) in [6.45, 7) is 3.57. The van der Waals surface area contributed by atoms with Crippen LogP contribution in [0.2, 0.25) is 0 Å². The van der Waals surface area contributed by atoms with E-state index in [0.717, 1.165) is 8.40 Å².